The molecule has 7 nitrogen and oxygen atoms in total. The van der Waals surface area contributed by atoms with Crippen LogP contribution in [0.5, 0.6) is 23.1 Å². The zero-order valence-electron chi connectivity index (χ0n) is 19.0. The average molecular weight is 456 g/mol. The zero-order chi connectivity index (χ0) is 23.5. The van der Waals surface area contributed by atoms with Gasteiger partial charge in [-0.3, -0.25) is 4.79 Å². The molecule has 0 unspecified atom stereocenters. The van der Waals surface area contributed by atoms with Crippen LogP contribution in [0.3, 0.4) is 0 Å². The van der Waals surface area contributed by atoms with Crippen LogP contribution in [-0.2, 0) is 10.2 Å². The van der Waals surface area contributed by atoms with Crippen molar-refractivity contribution < 1.29 is 19.0 Å². The van der Waals surface area contributed by atoms with Crippen molar-refractivity contribution in [2.24, 2.45) is 0 Å². The Morgan fingerprint density at radius 2 is 1.91 bits per heavy atom. The third-order valence-corrected chi connectivity index (χ3v) is 6.62. The molecular weight excluding hydrogens is 430 g/mol. The summed E-state index contributed by atoms with van der Waals surface area (Å²) < 4.78 is 16.9. The number of anilines is 1. The molecule has 1 amide bonds. The predicted molar refractivity (Wildman–Crippen MR) is 126 cm³/mol. The zero-order valence-corrected chi connectivity index (χ0v) is 19.0. The molecule has 0 atom stereocenters. The van der Waals surface area contributed by atoms with E-state index in [1.165, 1.54) is 0 Å². The number of hydrogen-bond donors (Lipinski definition) is 1. The summed E-state index contributed by atoms with van der Waals surface area (Å²) in [4.78, 5) is 17.9. The van der Waals surface area contributed by atoms with Crippen LogP contribution in [0.15, 0.2) is 54.7 Å². The second kappa shape index (κ2) is 9.06. The number of nitrogens with zero attached hydrogens (tertiary/aromatic N) is 2. The third-order valence-electron chi connectivity index (χ3n) is 6.62. The highest BCUT2D eigenvalue weighted by Gasteiger charge is 2.42. The molecule has 1 aromatic heterocycles. The number of amides is 1. The van der Waals surface area contributed by atoms with Gasteiger partial charge in [-0.05, 0) is 73.4 Å². The van der Waals surface area contributed by atoms with Gasteiger partial charge in [0.2, 0.25) is 18.6 Å². The number of rotatable bonds is 5. The number of aryl methyl sites for hydroxylation is 1. The number of ether oxygens (including phenoxy) is 3. The van der Waals surface area contributed by atoms with Crippen molar-refractivity contribution in [2.75, 3.05) is 12.1 Å². The average Bonchev–Trinajstić information content (AvgIpc) is 3.34. The minimum absolute atomic E-state index is 0.0145. The summed E-state index contributed by atoms with van der Waals surface area (Å²) in [6.45, 7) is 2.13. The number of carbonyl (C=O) groups excluding carboxylic acids is 1. The van der Waals surface area contributed by atoms with Crippen molar-refractivity contribution in [2.45, 2.75) is 44.4 Å². The van der Waals surface area contributed by atoms with Crippen LogP contribution in [0.1, 0.15) is 48.8 Å². The van der Waals surface area contributed by atoms with Crippen molar-refractivity contribution >= 4 is 11.6 Å². The Morgan fingerprint density at radius 1 is 1.09 bits per heavy atom. The normalized spacial score (nSPS) is 15.9. The topological polar surface area (TPSA) is 93.5 Å². The van der Waals surface area contributed by atoms with Crippen molar-refractivity contribution in [1.29, 1.82) is 5.26 Å². The Balaban J connectivity index is 1.39. The van der Waals surface area contributed by atoms with E-state index < -0.39 is 5.41 Å². The van der Waals surface area contributed by atoms with Gasteiger partial charge in [-0.25, -0.2) is 4.98 Å². The SMILES string of the molecule is Cc1cc(Oc2ncccc2C#N)ccc1NC(=O)C1(c2ccc3c(c2)OCO3)CCCCC1. The van der Waals surface area contributed by atoms with Crippen LogP contribution in [0.25, 0.3) is 0 Å². The second-order valence-corrected chi connectivity index (χ2v) is 8.71. The summed E-state index contributed by atoms with van der Waals surface area (Å²) in [6.07, 6.45) is 6.28. The van der Waals surface area contributed by atoms with Gasteiger partial charge in [0, 0.05) is 11.9 Å². The van der Waals surface area contributed by atoms with E-state index in [9.17, 15) is 10.1 Å². The molecule has 1 fully saturated rings. The van der Waals surface area contributed by atoms with Crippen molar-refractivity contribution in [3.8, 4) is 29.2 Å². The lowest BCUT2D eigenvalue weighted by atomic mass is 9.68. The van der Waals surface area contributed by atoms with E-state index in [2.05, 4.69) is 16.4 Å². The Kier molecular flexibility index (Phi) is 5.81. The van der Waals surface area contributed by atoms with E-state index in [1.54, 1.807) is 24.4 Å². The summed E-state index contributed by atoms with van der Waals surface area (Å²) in [5.41, 5.74) is 2.30. The Hall–Kier alpha value is -4.05. The van der Waals surface area contributed by atoms with E-state index in [4.69, 9.17) is 14.2 Å². The first kappa shape index (κ1) is 21.8. The van der Waals surface area contributed by atoms with Crippen LogP contribution < -0.4 is 19.5 Å². The lowest BCUT2D eigenvalue weighted by Gasteiger charge is -2.36. The molecule has 0 spiro atoms. The smallest absolute Gasteiger partial charge is 0.237 e. The maximum atomic E-state index is 13.7. The predicted octanol–water partition coefficient (Wildman–Crippen LogP) is 5.62. The van der Waals surface area contributed by atoms with Gasteiger partial charge in [0.1, 0.15) is 17.4 Å². The summed E-state index contributed by atoms with van der Waals surface area (Å²) in [5.74, 6) is 2.20. The number of nitrogens with one attached hydrogen (secondary N) is 1. The van der Waals surface area contributed by atoms with Crippen LogP contribution in [0, 0.1) is 18.3 Å². The van der Waals surface area contributed by atoms with Gasteiger partial charge in [0.15, 0.2) is 11.5 Å². The second-order valence-electron chi connectivity index (χ2n) is 8.71. The van der Waals surface area contributed by atoms with Gasteiger partial charge in [-0.1, -0.05) is 25.3 Å². The monoisotopic (exact) mass is 455 g/mol. The lowest BCUT2D eigenvalue weighted by molar-refractivity contribution is -0.122. The molecule has 0 bridgehead atoms. The van der Waals surface area contributed by atoms with E-state index in [0.29, 0.717) is 22.8 Å². The highest BCUT2D eigenvalue weighted by Crippen LogP contribution is 2.44. The van der Waals surface area contributed by atoms with E-state index >= 15 is 0 Å². The maximum absolute atomic E-state index is 13.7. The van der Waals surface area contributed by atoms with Gasteiger partial charge in [-0.2, -0.15) is 5.26 Å². The first-order valence-corrected chi connectivity index (χ1v) is 11.4. The number of fused-ring (bicyclic) bond motifs is 1. The minimum Gasteiger partial charge on any atom is -0.454 e. The minimum atomic E-state index is -0.615. The van der Waals surface area contributed by atoms with Crippen molar-refractivity contribution in [3.63, 3.8) is 0 Å². The van der Waals surface area contributed by atoms with Crippen LogP contribution in [-0.4, -0.2) is 17.7 Å². The quantitative estimate of drug-likeness (QED) is 0.536. The number of hydrogen-bond acceptors (Lipinski definition) is 6. The van der Waals surface area contributed by atoms with Gasteiger partial charge >= 0.3 is 0 Å². The molecule has 7 heteroatoms. The van der Waals surface area contributed by atoms with Crippen molar-refractivity contribution in [1.82, 2.24) is 4.98 Å². The highest BCUT2D eigenvalue weighted by molar-refractivity contribution is 6.00. The van der Waals surface area contributed by atoms with Crippen LogP contribution >= 0.6 is 0 Å². The number of benzene rings is 2. The molecular formula is C27H25N3O4. The van der Waals surface area contributed by atoms with Gasteiger partial charge in [0.05, 0.1) is 5.41 Å². The Labute approximate surface area is 198 Å². The van der Waals surface area contributed by atoms with Gasteiger partial charge in [0.25, 0.3) is 0 Å². The summed E-state index contributed by atoms with van der Waals surface area (Å²) in [6, 6.07) is 16.7. The molecule has 1 saturated carbocycles. The molecule has 2 heterocycles. The molecule has 0 saturated heterocycles. The fourth-order valence-corrected chi connectivity index (χ4v) is 4.75. The number of aromatic nitrogens is 1. The molecule has 172 valence electrons. The van der Waals surface area contributed by atoms with E-state index in [0.717, 1.165) is 48.9 Å². The van der Waals surface area contributed by atoms with Crippen molar-refractivity contribution in [3.05, 3.63) is 71.4 Å². The third kappa shape index (κ3) is 4.03. The van der Waals surface area contributed by atoms with Gasteiger partial charge in [-0.15, -0.1) is 0 Å². The highest BCUT2D eigenvalue weighted by atomic mass is 16.7. The molecule has 2 aromatic carbocycles. The molecule has 0 radical (unpaired) electrons. The number of carbonyl (C=O) groups is 1. The summed E-state index contributed by atoms with van der Waals surface area (Å²) in [5, 5.41) is 12.4. The van der Waals surface area contributed by atoms with E-state index in [1.807, 2.05) is 37.3 Å². The van der Waals surface area contributed by atoms with Crippen LogP contribution in [0.4, 0.5) is 5.69 Å². The summed E-state index contributed by atoms with van der Waals surface area (Å²) in [7, 11) is 0. The molecule has 3 aromatic rings. The Bertz CT molecular complexity index is 1280. The lowest BCUT2D eigenvalue weighted by Crippen LogP contribution is -2.42. The number of pyridine rings is 1. The first-order chi connectivity index (χ1) is 16.6. The first-order valence-electron chi connectivity index (χ1n) is 11.4. The van der Waals surface area contributed by atoms with Gasteiger partial charge < -0.3 is 19.5 Å². The van der Waals surface area contributed by atoms with Crippen LogP contribution in [0.2, 0.25) is 0 Å². The molecule has 34 heavy (non-hydrogen) atoms. The maximum Gasteiger partial charge on any atom is 0.237 e. The molecule has 1 aliphatic carbocycles. The Morgan fingerprint density at radius 3 is 2.71 bits per heavy atom. The molecule has 1 N–H and O–H groups in total. The molecule has 2 aliphatic rings. The standard InChI is InChI=1S/C27H25N3O4/c1-18-14-21(34-25-19(16-28)6-5-13-29-25)8-9-22(18)30-26(31)27(11-3-2-4-12-27)20-7-10-23-24(15-20)33-17-32-23/h5-10,13-15H,2-4,11-12,17H2,1H3,(H,30,31). The largest absolute Gasteiger partial charge is 0.454 e. The van der Waals surface area contributed by atoms with E-state index in [-0.39, 0.29) is 18.6 Å². The fourth-order valence-electron chi connectivity index (χ4n) is 4.75. The summed E-state index contributed by atoms with van der Waals surface area (Å²) >= 11 is 0. The molecule has 1 aliphatic heterocycles. The molecule has 5 rings (SSSR count). The fraction of sp³-hybridized carbons (Fsp3) is 0.296. The number of nitriles is 1.